The first-order valence-corrected chi connectivity index (χ1v) is 14.1. The maximum atomic E-state index is 13.2. The molecule has 2 atom stereocenters. The fourth-order valence-corrected chi connectivity index (χ4v) is 6.18. The molecule has 2 aliphatic rings. The highest BCUT2D eigenvalue weighted by atomic mass is 16.5. The lowest BCUT2D eigenvalue weighted by Gasteiger charge is -2.32. The van der Waals surface area contributed by atoms with Crippen LogP contribution in [0.2, 0.25) is 0 Å². The zero-order valence-electron chi connectivity index (χ0n) is 22.9. The lowest BCUT2D eigenvalue weighted by Crippen LogP contribution is -2.31. The first-order valence-electron chi connectivity index (χ1n) is 14.1. The number of carbonyl (C=O) groups is 2. The van der Waals surface area contributed by atoms with Crippen molar-refractivity contribution >= 4 is 11.8 Å². The average Bonchev–Trinajstić information content (AvgIpc) is 3.82. The molecule has 5 heteroatoms. The summed E-state index contributed by atoms with van der Waals surface area (Å²) in [4.78, 5) is 32.2. The summed E-state index contributed by atoms with van der Waals surface area (Å²) < 4.78 is 4.96. The molecule has 1 aliphatic carbocycles. The van der Waals surface area contributed by atoms with Crippen LogP contribution in [0.5, 0.6) is 0 Å². The van der Waals surface area contributed by atoms with E-state index in [-0.39, 0.29) is 11.9 Å². The molecule has 4 aromatic rings. The third-order valence-corrected chi connectivity index (χ3v) is 8.38. The molecule has 1 fully saturated rings. The summed E-state index contributed by atoms with van der Waals surface area (Å²) >= 11 is 0. The first-order chi connectivity index (χ1) is 19.6. The standard InChI is InChI=1S/C35H34N2O3/c1-40-35(39)28-11-5-10-27(19-28)29-14-12-26(13-15-34(38)32-20-31(32)25-8-3-2-4-9-25)33-23-37(18-16-30(29)33)22-24-7-6-17-36-21-24/h2-12,14,17,19,21,31-32H,13,15-16,18,20,22-23H2,1H3. The molecule has 0 amide bonds. The third kappa shape index (κ3) is 5.61. The number of esters is 1. The number of benzene rings is 3. The van der Waals surface area contributed by atoms with Gasteiger partial charge in [0.25, 0.3) is 0 Å². The Hall–Kier alpha value is -4.09. The maximum absolute atomic E-state index is 13.2. The van der Waals surface area contributed by atoms with Gasteiger partial charge in [-0.25, -0.2) is 4.79 Å². The van der Waals surface area contributed by atoms with Crippen molar-refractivity contribution in [3.05, 3.63) is 125 Å². The number of ketones is 1. The average molecular weight is 531 g/mol. The van der Waals surface area contributed by atoms with Gasteiger partial charge in [-0.15, -0.1) is 0 Å². The van der Waals surface area contributed by atoms with E-state index in [1.807, 2.05) is 30.5 Å². The number of nitrogens with zero attached hydrogens (tertiary/aromatic N) is 2. The van der Waals surface area contributed by atoms with Gasteiger partial charge in [-0.2, -0.15) is 0 Å². The van der Waals surface area contributed by atoms with Crippen LogP contribution in [0.15, 0.2) is 91.3 Å². The van der Waals surface area contributed by atoms with Crippen LogP contribution >= 0.6 is 0 Å². The van der Waals surface area contributed by atoms with E-state index < -0.39 is 0 Å². The topological polar surface area (TPSA) is 59.5 Å². The van der Waals surface area contributed by atoms with Gasteiger partial charge in [0.1, 0.15) is 5.78 Å². The van der Waals surface area contributed by atoms with Crippen molar-refractivity contribution in [1.82, 2.24) is 9.88 Å². The van der Waals surface area contributed by atoms with E-state index in [0.29, 0.717) is 23.7 Å². The smallest absolute Gasteiger partial charge is 0.337 e. The maximum Gasteiger partial charge on any atom is 0.337 e. The minimum absolute atomic E-state index is 0.153. The summed E-state index contributed by atoms with van der Waals surface area (Å²) in [7, 11) is 1.41. The molecule has 5 nitrogen and oxygen atoms in total. The summed E-state index contributed by atoms with van der Waals surface area (Å²) in [5.41, 5.74) is 9.10. The number of aromatic nitrogens is 1. The number of hydrogen-bond donors (Lipinski definition) is 0. The van der Waals surface area contributed by atoms with Crippen molar-refractivity contribution in [3.63, 3.8) is 0 Å². The monoisotopic (exact) mass is 530 g/mol. The van der Waals surface area contributed by atoms with Gasteiger partial charge in [0, 0.05) is 44.4 Å². The minimum Gasteiger partial charge on any atom is -0.465 e. The van der Waals surface area contributed by atoms with Gasteiger partial charge >= 0.3 is 5.97 Å². The molecule has 2 heterocycles. The highest BCUT2D eigenvalue weighted by molar-refractivity contribution is 5.91. The number of fused-ring (bicyclic) bond motifs is 1. The Bertz CT molecular complexity index is 1520. The van der Waals surface area contributed by atoms with Gasteiger partial charge < -0.3 is 4.74 Å². The SMILES string of the molecule is COC(=O)c1cccc(-c2ccc(CCC(=O)C3CC3c3ccccc3)c3c2CCN(Cc2cccnc2)C3)c1. The van der Waals surface area contributed by atoms with Crippen molar-refractivity contribution in [2.45, 2.75) is 44.7 Å². The fourth-order valence-electron chi connectivity index (χ4n) is 6.18. The zero-order valence-corrected chi connectivity index (χ0v) is 22.9. The Kier molecular flexibility index (Phi) is 7.56. The number of aryl methyl sites for hydroxylation is 1. The number of carbonyl (C=O) groups excluding carboxylic acids is 2. The van der Waals surface area contributed by atoms with Crippen molar-refractivity contribution in [2.24, 2.45) is 5.92 Å². The van der Waals surface area contributed by atoms with Crippen LogP contribution in [-0.2, 0) is 35.5 Å². The lowest BCUT2D eigenvalue weighted by molar-refractivity contribution is -0.120. The third-order valence-electron chi connectivity index (χ3n) is 8.38. The quantitative estimate of drug-likeness (QED) is 0.234. The number of hydrogen-bond acceptors (Lipinski definition) is 5. The molecule has 1 aliphatic heterocycles. The molecule has 1 saturated carbocycles. The molecule has 202 valence electrons. The van der Waals surface area contributed by atoms with Crippen LogP contribution in [-0.4, -0.2) is 35.3 Å². The van der Waals surface area contributed by atoms with Gasteiger partial charge in [0.15, 0.2) is 0 Å². The minimum atomic E-state index is -0.331. The van der Waals surface area contributed by atoms with Crippen LogP contribution in [0.4, 0.5) is 0 Å². The normalized spacial score (nSPS) is 18.1. The molecule has 0 radical (unpaired) electrons. The van der Waals surface area contributed by atoms with E-state index in [2.05, 4.69) is 58.4 Å². The molecule has 6 rings (SSSR count). The largest absolute Gasteiger partial charge is 0.465 e. The van der Waals surface area contributed by atoms with Crippen molar-refractivity contribution in [2.75, 3.05) is 13.7 Å². The van der Waals surface area contributed by atoms with E-state index in [4.69, 9.17) is 4.74 Å². The van der Waals surface area contributed by atoms with Gasteiger partial charge in [0.05, 0.1) is 12.7 Å². The first kappa shape index (κ1) is 26.1. The van der Waals surface area contributed by atoms with Gasteiger partial charge in [0.2, 0.25) is 0 Å². The van der Waals surface area contributed by atoms with Crippen molar-refractivity contribution < 1.29 is 14.3 Å². The van der Waals surface area contributed by atoms with Crippen LogP contribution < -0.4 is 0 Å². The Balaban J connectivity index is 1.25. The highest BCUT2D eigenvalue weighted by Crippen LogP contribution is 2.48. The number of Topliss-reactive ketones (excluding diaryl/α,β-unsaturated/α-hetero) is 1. The molecule has 0 saturated heterocycles. The number of pyridine rings is 1. The summed E-state index contributed by atoms with van der Waals surface area (Å²) in [5, 5.41) is 0. The number of methoxy groups -OCH3 is 1. The second kappa shape index (κ2) is 11.6. The highest BCUT2D eigenvalue weighted by Gasteiger charge is 2.43. The summed E-state index contributed by atoms with van der Waals surface area (Å²) in [6.45, 7) is 2.61. The van der Waals surface area contributed by atoms with E-state index in [9.17, 15) is 9.59 Å². The molecule has 0 N–H and O–H groups in total. The van der Waals surface area contributed by atoms with E-state index in [1.54, 1.807) is 12.3 Å². The van der Waals surface area contributed by atoms with Crippen LogP contribution in [0, 0.1) is 5.92 Å². The predicted molar refractivity (Wildman–Crippen MR) is 156 cm³/mol. The Morgan fingerprint density at radius 1 is 0.975 bits per heavy atom. The molecular formula is C35H34N2O3. The predicted octanol–water partition coefficient (Wildman–Crippen LogP) is 6.40. The van der Waals surface area contributed by atoms with Gasteiger partial charge in [-0.05, 0) is 82.3 Å². The van der Waals surface area contributed by atoms with E-state index in [0.717, 1.165) is 50.0 Å². The Labute approximate surface area is 235 Å². The van der Waals surface area contributed by atoms with Crippen LogP contribution in [0.1, 0.15) is 56.9 Å². The molecule has 40 heavy (non-hydrogen) atoms. The summed E-state index contributed by atoms with van der Waals surface area (Å²) in [6.07, 6.45) is 6.94. The van der Waals surface area contributed by atoms with Crippen LogP contribution in [0.25, 0.3) is 11.1 Å². The summed E-state index contributed by atoms with van der Waals surface area (Å²) in [5.74, 6) is 0.575. The number of rotatable bonds is 9. The second-order valence-electron chi connectivity index (χ2n) is 10.9. The molecule has 2 unspecified atom stereocenters. The van der Waals surface area contributed by atoms with Crippen LogP contribution in [0.3, 0.4) is 0 Å². The molecule has 3 aromatic carbocycles. The van der Waals surface area contributed by atoms with Gasteiger partial charge in [-0.1, -0.05) is 60.7 Å². The summed E-state index contributed by atoms with van der Waals surface area (Å²) in [6, 6.07) is 26.6. The molecule has 0 bridgehead atoms. The Morgan fingerprint density at radius 2 is 1.85 bits per heavy atom. The zero-order chi connectivity index (χ0) is 27.5. The second-order valence-corrected chi connectivity index (χ2v) is 10.9. The van der Waals surface area contributed by atoms with Gasteiger partial charge in [-0.3, -0.25) is 14.7 Å². The van der Waals surface area contributed by atoms with Crippen molar-refractivity contribution in [3.8, 4) is 11.1 Å². The van der Waals surface area contributed by atoms with Crippen molar-refractivity contribution in [1.29, 1.82) is 0 Å². The Morgan fingerprint density at radius 3 is 2.65 bits per heavy atom. The number of ether oxygens (including phenoxy) is 1. The fraction of sp³-hybridized carbons (Fsp3) is 0.286. The lowest BCUT2D eigenvalue weighted by atomic mass is 9.85. The molecule has 1 aromatic heterocycles. The van der Waals surface area contributed by atoms with E-state index >= 15 is 0 Å². The molecular weight excluding hydrogens is 496 g/mol. The molecule has 0 spiro atoms. The van der Waals surface area contributed by atoms with E-state index in [1.165, 1.54) is 34.9 Å².